The molecule has 6 heavy (non-hydrogen) atoms. The Labute approximate surface area is 105 Å². The van der Waals surface area contributed by atoms with Crippen LogP contribution >= 0.6 is 0 Å². The maximum Gasteiger partial charge on any atom is 2.00 e. The van der Waals surface area contributed by atoms with Crippen LogP contribution < -0.4 is 10.2 Å². The second-order valence-electron chi connectivity index (χ2n) is 0.250. The van der Waals surface area contributed by atoms with E-state index in [1.165, 1.54) is 0 Å². The third kappa shape index (κ3) is 36.0. The van der Waals surface area contributed by atoms with Crippen LogP contribution in [-0.4, -0.2) is 92.8 Å². The molecule has 0 aromatic carbocycles. The molecule has 0 aliphatic carbocycles. The van der Waals surface area contributed by atoms with Gasteiger partial charge >= 0.3 is 86.6 Å². The fourth-order valence-electron chi connectivity index (χ4n) is 0. The Morgan fingerprint density at radius 1 is 1.33 bits per heavy atom. The molecule has 0 aliphatic heterocycles. The first kappa shape index (κ1) is 15.7. The van der Waals surface area contributed by atoms with Gasteiger partial charge in [-0.15, -0.1) is 0 Å². The first-order chi connectivity index (χ1) is 1.73. The normalized spacial score (nSPS) is 4.00. The zero-order chi connectivity index (χ0) is 3.58. The van der Waals surface area contributed by atoms with Crippen molar-refractivity contribution in [2.45, 2.75) is 0 Å². The van der Waals surface area contributed by atoms with E-state index in [1.54, 1.807) is 0 Å². The molecule has 0 aromatic heterocycles. The van der Waals surface area contributed by atoms with Crippen molar-refractivity contribution >= 4 is 92.8 Å². The van der Waals surface area contributed by atoms with Gasteiger partial charge in [0.15, 0.2) is 0 Å². The molecule has 24 valence electrons. The molecule has 5 heteroatoms. The van der Waals surface area contributed by atoms with E-state index < -0.39 is 6.16 Å². The van der Waals surface area contributed by atoms with Gasteiger partial charge in [0, 0.05) is 0 Å². The Kier molecular flexibility index (Phi) is 26.6. The molecule has 0 aliphatic rings. The minimum atomic E-state index is -2.33. The minimum absolute atomic E-state index is 0. The molecule has 0 heterocycles. The Morgan fingerprint density at radius 2 is 1.33 bits per heavy atom. The van der Waals surface area contributed by atoms with Gasteiger partial charge in [-0.25, -0.2) is 0 Å². The number of hydrogen-bond acceptors (Lipinski definition) is 3. The summed E-state index contributed by atoms with van der Waals surface area (Å²) in [6.45, 7) is 0. The molecule has 0 aromatic rings. The fraction of sp³-hybridized carbons (Fsp3) is 0. The molecule has 0 N–H and O–H groups in total. The minimum Gasteiger partial charge on any atom is -0.652 e. The summed E-state index contributed by atoms with van der Waals surface area (Å²) in [6, 6.07) is 0. The number of hydrogen-bond donors (Lipinski definition) is 0. The maximum atomic E-state index is 8.33. The Balaban J connectivity index is -0.0000000450. The van der Waals surface area contributed by atoms with Crippen LogP contribution in [0.2, 0.25) is 0 Å². The van der Waals surface area contributed by atoms with Gasteiger partial charge in [-0.1, -0.05) is 0 Å². The van der Waals surface area contributed by atoms with Gasteiger partial charge in [-0.05, 0) is 6.16 Å². The topological polar surface area (TPSA) is 63.2 Å². The van der Waals surface area contributed by atoms with Crippen LogP contribution in [0.5, 0.6) is 0 Å². The van der Waals surface area contributed by atoms with Gasteiger partial charge < -0.3 is 15.0 Å². The summed E-state index contributed by atoms with van der Waals surface area (Å²) in [6.07, 6.45) is -2.33. The van der Waals surface area contributed by atoms with Gasteiger partial charge in [0.25, 0.3) is 0 Å². The van der Waals surface area contributed by atoms with E-state index in [-0.39, 0.29) is 86.6 Å². The molecule has 0 fully saturated rings. The van der Waals surface area contributed by atoms with Crippen molar-refractivity contribution in [1.82, 2.24) is 0 Å². The molecule has 0 bridgehead atoms. The average molecular weight is 237 g/mol. The second-order valence-corrected chi connectivity index (χ2v) is 0.250. The Hall–Kier alpha value is 2.10. The molecular weight excluding hydrogens is 237 g/mol. The average Bonchev–Trinajstić information content (AvgIpc) is 0.811. The molecule has 3 nitrogen and oxygen atoms in total. The van der Waals surface area contributed by atoms with E-state index in [0.717, 1.165) is 0 Å². The van der Waals surface area contributed by atoms with Gasteiger partial charge in [0.05, 0.1) is 0 Å². The summed E-state index contributed by atoms with van der Waals surface area (Å²) in [4.78, 5) is 8.33. The molecule has 0 amide bonds. The summed E-state index contributed by atoms with van der Waals surface area (Å²) in [5.41, 5.74) is 0. The number of carboxylic acid groups (broad SMARTS) is 2. The summed E-state index contributed by atoms with van der Waals surface area (Å²) in [5, 5.41) is 16.7. The number of rotatable bonds is 0. The first-order valence-corrected chi connectivity index (χ1v) is 0.612. The molecule has 0 unspecified atom stereocenters. The molecule has 0 rings (SSSR count). The predicted molar refractivity (Wildman–Crippen MR) is 16.9 cm³/mol. The van der Waals surface area contributed by atoms with E-state index in [2.05, 4.69) is 0 Å². The SMILES string of the molecule is O=C([O-])[O-].[Ba+2].[Ca+2]. The third-order valence-electron chi connectivity index (χ3n) is 0. The molecule has 0 radical (unpaired) electrons. The van der Waals surface area contributed by atoms with Crippen LogP contribution in [0.1, 0.15) is 0 Å². The van der Waals surface area contributed by atoms with Crippen molar-refractivity contribution in [1.29, 1.82) is 0 Å². The van der Waals surface area contributed by atoms with Crippen LogP contribution in [0.3, 0.4) is 0 Å². The van der Waals surface area contributed by atoms with Crippen LogP contribution in [-0.2, 0) is 0 Å². The van der Waals surface area contributed by atoms with Gasteiger partial charge in [0.1, 0.15) is 0 Å². The van der Waals surface area contributed by atoms with Crippen molar-refractivity contribution < 1.29 is 15.0 Å². The monoisotopic (exact) mass is 238 g/mol. The van der Waals surface area contributed by atoms with Crippen molar-refractivity contribution in [3.63, 3.8) is 0 Å². The van der Waals surface area contributed by atoms with E-state index in [0.29, 0.717) is 0 Å². The third-order valence-corrected chi connectivity index (χ3v) is 0. The van der Waals surface area contributed by atoms with E-state index in [9.17, 15) is 0 Å². The molecule has 0 spiro atoms. The molecule has 0 saturated carbocycles. The molecule has 0 atom stereocenters. The van der Waals surface area contributed by atoms with E-state index in [4.69, 9.17) is 15.0 Å². The van der Waals surface area contributed by atoms with Gasteiger partial charge in [-0.2, -0.15) is 0 Å². The van der Waals surface area contributed by atoms with Crippen LogP contribution in [0.15, 0.2) is 0 Å². The maximum absolute atomic E-state index is 8.33. The van der Waals surface area contributed by atoms with Crippen molar-refractivity contribution in [3.8, 4) is 0 Å². The number of carbonyl (C=O) groups is 1. The summed E-state index contributed by atoms with van der Waals surface area (Å²) < 4.78 is 0. The van der Waals surface area contributed by atoms with Crippen molar-refractivity contribution in [2.75, 3.05) is 0 Å². The van der Waals surface area contributed by atoms with Gasteiger partial charge in [0.2, 0.25) is 0 Å². The van der Waals surface area contributed by atoms with Crippen LogP contribution in [0.4, 0.5) is 4.79 Å². The number of carbonyl (C=O) groups excluding carboxylic acids is 1. The zero-order valence-corrected chi connectivity index (χ0v) is 9.79. The van der Waals surface area contributed by atoms with E-state index in [1.807, 2.05) is 0 Å². The van der Waals surface area contributed by atoms with Crippen LogP contribution in [0, 0.1) is 0 Å². The zero-order valence-electron chi connectivity index (χ0n) is 3.14. The smallest absolute Gasteiger partial charge is 0.652 e. The second kappa shape index (κ2) is 10.2. The summed E-state index contributed by atoms with van der Waals surface area (Å²) in [7, 11) is 0. The molecule has 0 saturated heterocycles. The Bertz CT molecular complexity index is 33.8. The predicted octanol–water partition coefficient (Wildman–Crippen LogP) is -3.21. The van der Waals surface area contributed by atoms with Gasteiger partial charge in [-0.3, -0.25) is 0 Å². The summed E-state index contributed by atoms with van der Waals surface area (Å²) in [5.74, 6) is 0. The van der Waals surface area contributed by atoms with Crippen molar-refractivity contribution in [3.05, 3.63) is 0 Å². The van der Waals surface area contributed by atoms with Crippen LogP contribution in [0.25, 0.3) is 0 Å². The first-order valence-electron chi connectivity index (χ1n) is 0.612. The standard InChI is InChI=1S/CH2O3.Ba.Ca/c2-1(3)4;;/h(H2,2,3,4);;/q;2*+2/p-2. The molecular formula is CBaCaO3+2. The van der Waals surface area contributed by atoms with E-state index >= 15 is 0 Å². The van der Waals surface area contributed by atoms with Crippen molar-refractivity contribution in [2.24, 2.45) is 0 Å². The fourth-order valence-corrected chi connectivity index (χ4v) is 0. The quantitative estimate of drug-likeness (QED) is 0.417. The summed E-state index contributed by atoms with van der Waals surface area (Å²) >= 11 is 0. The largest absolute Gasteiger partial charge is 2.00 e. The Morgan fingerprint density at radius 3 is 1.33 bits per heavy atom.